The van der Waals surface area contributed by atoms with Gasteiger partial charge < -0.3 is 0 Å². The summed E-state index contributed by atoms with van der Waals surface area (Å²) < 4.78 is 3.32. The average molecular weight is 263 g/mol. The molecule has 2 rings (SSSR count). The fourth-order valence-corrected chi connectivity index (χ4v) is 2.07. The lowest BCUT2D eigenvalue weighted by Crippen LogP contribution is -2.15. The summed E-state index contributed by atoms with van der Waals surface area (Å²) in [6, 6.07) is 3.90. The van der Waals surface area contributed by atoms with Crippen molar-refractivity contribution in [2.24, 2.45) is 7.05 Å². The summed E-state index contributed by atoms with van der Waals surface area (Å²) in [5.41, 5.74) is 5.55. The Kier molecular flexibility index (Phi) is 3.28. The number of nitrogens with zero attached hydrogens (tertiary/aromatic N) is 4. The Bertz CT molecular complexity index is 607. The molecule has 0 bridgehead atoms. The molecule has 0 fully saturated rings. The Balaban J connectivity index is 2.51. The van der Waals surface area contributed by atoms with E-state index in [9.17, 15) is 10.1 Å². The van der Waals surface area contributed by atoms with Gasteiger partial charge in [0.2, 0.25) is 5.82 Å². The molecule has 2 heterocycles. The number of aromatic nitrogens is 3. The van der Waals surface area contributed by atoms with Crippen LogP contribution in [-0.2, 0) is 13.5 Å². The van der Waals surface area contributed by atoms with Gasteiger partial charge in [-0.15, -0.1) is 0 Å². The summed E-state index contributed by atoms with van der Waals surface area (Å²) in [6.45, 7) is 5.72. The minimum Gasteiger partial charge on any atom is -0.272 e. The molecule has 2 aromatic heterocycles. The Hall–Kier alpha value is -2.31. The van der Waals surface area contributed by atoms with Crippen LogP contribution in [0.1, 0.15) is 24.0 Å². The fraction of sp³-hybridized carbons (Fsp3) is 0.417. The van der Waals surface area contributed by atoms with E-state index in [1.807, 2.05) is 37.6 Å². The highest BCUT2D eigenvalue weighted by Crippen LogP contribution is 2.29. The summed E-state index contributed by atoms with van der Waals surface area (Å²) >= 11 is 0. The van der Waals surface area contributed by atoms with Crippen LogP contribution in [0.2, 0.25) is 0 Å². The summed E-state index contributed by atoms with van der Waals surface area (Å²) in [6.07, 6.45) is 0.523. The molecular formula is C12H17N5O2. The topological polar surface area (TPSA) is 77.9 Å². The zero-order chi connectivity index (χ0) is 14.2. The van der Waals surface area contributed by atoms with Crippen LogP contribution in [0.4, 0.5) is 11.5 Å². The van der Waals surface area contributed by atoms with Crippen LogP contribution in [0.5, 0.6) is 0 Å². The van der Waals surface area contributed by atoms with Crippen molar-refractivity contribution in [1.29, 1.82) is 0 Å². The number of hydrogen-bond acceptors (Lipinski definition) is 4. The molecule has 0 aliphatic rings. The highest BCUT2D eigenvalue weighted by molar-refractivity contribution is 5.60. The van der Waals surface area contributed by atoms with E-state index < -0.39 is 0 Å². The van der Waals surface area contributed by atoms with E-state index in [4.69, 9.17) is 0 Å². The van der Waals surface area contributed by atoms with E-state index in [0.29, 0.717) is 17.9 Å². The molecule has 0 aliphatic carbocycles. The van der Waals surface area contributed by atoms with E-state index in [0.717, 1.165) is 11.4 Å². The van der Waals surface area contributed by atoms with E-state index >= 15 is 0 Å². The number of nitrogens with one attached hydrogen (secondary N) is 1. The number of hydrogen-bond donors (Lipinski definition) is 1. The van der Waals surface area contributed by atoms with Gasteiger partial charge in [0.15, 0.2) is 0 Å². The van der Waals surface area contributed by atoms with Gasteiger partial charge in [0, 0.05) is 18.4 Å². The standard InChI is InChI=1S/C12H17N5O2/c1-5-10-11(17(18)19)12(15(4)13-10)14-16-8(2)6-7-9(16)3/h6-7,14H,5H2,1-4H3. The van der Waals surface area contributed by atoms with Crippen molar-refractivity contribution in [3.05, 3.63) is 39.3 Å². The Morgan fingerprint density at radius 3 is 2.42 bits per heavy atom. The monoisotopic (exact) mass is 263 g/mol. The molecule has 1 N–H and O–H groups in total. The molecule has 19 heavy (non-hydrogen) atoms. The van der Waals surface area contributed by atoms with Crippen LogP contribution >= 0.6 is 0 Å². The average Bonchev–Trinajstić information content (AvgIpc) is 2.84. The first-order valence-corrected chi connectivity index (χ1v) is 6.08. The third-order valence-corrected chi connectivity index (χ3v) is 3.10. The zero-order valence-corrected chi connectivity index (χ0v) is 11.5. The third kappa shape index (κ3) is 2.18. The molecule has 2 aromatic rings. The quantitative estimate of drug-likeness (QED) is 0.677. The van der Waals surface area contributed by atoms with Crippen molar-refractivity contribution in [1.82, 2.24) is 14.5 Å². The number of rotatable bonds is 4. The molecule has 102 valence electrons. The van der Waals surface area contributed by atoms with Gasteiger partial charge in [-0.1, -0.05) is 6.92 Å². The predicted molar refractivity (Wildman–Crippen MR) is 72.2 cm³/mol. The zero-order valence-electron chi connectivity index (χ0n) is 11.5. The van der Waals surface area contributed by atoms with Gasteiger partial charge >= 0.3 is 5.69 Å². The van der Waals surface area contributed by atoms with Crippen molar-refractivity contribution in [2.75, 3.05) is 5.43 Å². The van der Waals surface area contributed by atoms with Crippen LogP contribution in [0.3, 0.4) is 0 Å². The molecule has 0 unspecified atom stereocenters. The Morgan fingerprint density at radius 1 is 1.37 bits per heavy atom. The molecule has 0 atom stereocenters. The van der Waals surface area contributed by atoms with Crippen LogP contribution in [-0.4, -0.2) is 19.4 Å². The molecule has 0 saturated heterocycles. The maximum Gasteiger partial charge on any atom is 0.335 e. The van der Waals surface area contributed by atoms with Gasteiger partial charge in [-0.3, -0.25) is 20.2 Å². The van der Waals surface area contributed by atoms with Crippen molar-refractivity contribution >= 4 is 11.5 Å². The van der Waals surface area contributed by atoms with E-state index in [-0.39, 0.29) is 10.6 Å². The first-order chi connectivity index (χ1) is 8.95. The van der Waals surface area contributed by atoms with Crippen LogP contribution < -0.4 is 5.43 Å². The summed E-state index contributed by atoms with van der Waals surface area (Å²) in [4.78, 5) is 10.8. The van der Waals surface area contributed by atoms with Crippen molar-refractivity contribution < 1.29 is 4.92 Å². The molecule has 0 radical (unpaired) electrons. The smallest absolute Gasteiger partial charge is 0.272 e. The van der Waals surface area contributed by atoms with Gasteiger partial charge in [-0.05, 0) is 32.4 Å². The molecule has 7 heteroatoms. The lowest BCUT2D eigenvalue weighted by molar-refractivity contribution is -0.384. The van der Waals surface area contributed by atoms with E-state index in [2.05, 4.69) is 10.5 Å². The molecule has 0 spiro atoms. The first kappa shape index (κ1) is 13.1. The van der Waals surface area contributed by atoms with Crippen LogP contribution in [0.25, 0.3) is 0 Å². The molecule has 0 saturated carbocycles. The van der Waals surface area contributed by atoms with Crippen molar-refractivity contribution in [3.63, 3.8) is 0 Å². The van der Waals surface area contributed by atoms with Gasteiger partial charge in [0.25, 0.3) is 0 Å². The number of nitro groups is 1. The van der Waals surface area contributed by atoms with E-state index in [1.165, 1.54) is 4.68 Å². The number of anilines is 1. The number of aryl methyl sites for hydroxylation is 4. The molecular weight excluding hydrogens is 246 g/mol. The van der Waals surface area contributed by atoms with E-state index in [1.54, 1.807) is 7.05 Å². The maximum atomic E-state index is 11.2. The largest absolute Gasteiger partial charge is 0.335 e. The highest BCUT2D eigenvalue weighted by atomic mass is 16.6. The normalized spacial score (nSPS) is 10.7. The third-order valence-electron chi connectivity index (χ3n) is 3.10. The van der Waals surface area contributed by atoms with Gasteiger partial charge in [-0.2, -0.15) is 5.10 Å². The molecule has 0 aromatic carbocycles. The maximum absolute atomic E-state index is 11.2. The van der Waals surface area contributed by atoms with Crippen LogP contribution in [0.15, 0.2) is 12.1 Å². The Morgan fingerprint density at radius 2 is 1.95 bits per heavy atom. The minimum atomic E-state index is -0.387. The summed E-state index contributed by atoms with van der Waals surface area (Å²) in [7, 11) is 1.70. The lowest BCUT2D eigenvalue weighted by Gasteiger charge is -2.11. The van der Waals surface area contributed by atoms with Crippen LogP contribution in [0, 0.1) is 24.0 Å². The fourth-order valence-electron chi connectivity index (χ4n) is 2.07. The highest BCUT2D eigenvalue weighted by Gasteiger charge is 2.26. The lowest BCUT2D eigenvalue weighted by atomic mass is 10.3. The Labute approximate surface area is 111 Å². The van der Waals surface area contributed by atoms with Gasteiger partial charge in [0.1, 0.15) is 5.69 Å². The van der Waals surface area contributed by atoms with Crippen molar-refractivity contribution in [2.45, 2.75) is 27.2 Å². The first-order valence-electron chi connectivity index (χ1n) is 6.08. The summed E-state index contributed by atoms with van der Waals surface area (Å²) in [5.74, 6) is 0.393. The van der Waals surface area contributed by atoms with Crippen molar-refractivity contribution in [3.8, 4) is 0 Å². The SMILES string of the molecule is CCc1nn(C)c(Nn2c(C)ccc2C)c1[N+](=O)[O-]. The summed E-state index contributed by atoms with van der Waals surface area (Å²) in [5, 5.41) is 15.4. The predicted octanol–water partition coefficient (Wildman–Crippen LogP) is 2.18. The second-order valence-corrected chi connectivity index (χ2v) is 4.44. The van der Waals surface area contributed by atoms with Gasteiger partial charge in [0.05, 0.1) is 4.92 Å². The second-order valence-electron chi connectivity index (χ2n) is 4.44. The second kappa shape index (κ2) is 4.75. The molecule has 0 aliphatic heterocycles. The van der Waals surface area contributed by atoms with Gasteiger partial charge in [-0.25, -0.2) is 4.68 Å². The molecule has 7 nitrogen and oxygen atoms in total. The minimum absolute atomic E-state index is 0.0394. The molecule has 0 amide bonds.